The molecule has 1 aliphatic heterocycles. The van der Waals surface area contributed by atoms with Crippen LogP contribution >= 0.6 is 0 Å². The van der Waals surface area contributed by atoms with Crippen LogP contribution in [0.15, 0.2) is 34.3 Å². The quantitative estimate of drug-likeness (QED) is 0.819. The van der Waals surface area contributed by atoms with Gasteiger partial charge in [0.25, 0.3) is 0 Å². The van der Waals surface area contributed by atoms with Gasteiger partial charge in [0.05, 0.1) is 5.92 Å². The van der Waals surface area contributed by atoms with Crippen LogP contribution in [0.3, 0.4) is 0 Å². The second kappa shape index (κ2) is 4.27. The predicted octanol–water partition coefficient (Wildman–Crippen LogP) is 2.55. The van der Waals surface area contributed by atoms with Crippen LogP contribution in [-0.4, -0.2) is 10.2 Å². The average molecular weight is 268 g/mol. The Kier molecular flexibility index (Phi) is 2.68. The summed E-state index contributed by atoms with van der Waals surface area (Å²) in [6, 6.07) is 2.20. The molecule has 0 radical (unpaired) electrons. The van der Waals surface area contributed by atoms with E-state index in [-0.39, 0.29) is 11.8 Å². The van der Waals surface area contributed by atoms with E-state index in [1.54, 1.807) is 0 Å². The molecule has 102 valence electrons. The zero-order valence-electron chi connectivity index (χ0n) is 11.7. The van der Waals surface area contributed by atoms with E-state index in [1.165, 1.54) is 16.7 Å². The van der Waals surface area contributed by atoms with Crippen molar-refractivity contribution < 1.29 is 4.74 Å². The highest BCUT2D eigenvalue weighted by Gasteiger charge is 2.36. The van der Waals surface area contributed by atoms with Crippen LogP contribution in [0.25, 0.3) is 0 Å². The third kappa shape index (κ3) is 1.65. The molecule has 0 bridgehead atoms. The maximum absolute atomic E-state index is 9.46. The third-order valence-electron chi connectivity index (χ3n) is 3.92. The molecule has 1 unspecified atom stereocenters. The maximum Gasteiger partial charge on any atom is 0.244 e. The molecule has 1 aromatic heterocycles. The van der Waals surface area contributed by atoms with Crippen molar-refractivity contribution in [2.24, 2.45) is 5.73 Å². The first-order valence-corrected chi connectivity index (χ1v) is 6.52. The van der Waals surface area contributed by atoms with Gasteiger partial charge >= 0.3 is 0 Å². The van der Waals surface area contributed by atoms with Crippen LogP contribution < -0.4 is 10.5 Å². The minimum absolute atomic E-state index is 0.154. The van der Waals surface area contributed by atoms with Gasteiger partial charge in [-0.1, -0.05) is 22.8 Å². The largest absolute Gasteiger partial charge is 0.420 e. The van der Waals surface area contributed by atoms with Gasteiger partial charge in [-0.2, -0.15) is 5.26 Å². The van der Waals surface area contributed by atoms with Crippen LogP contribution in [0.1, 0.15) is 37.4 Å². The van der Waals surface area contributed by atoms with Gasteiger partial charge in [-0.25, -0.2) is 0 Å². The lowest BCUT2D eigenvalue weighted by Crippen LogP contribution is -2.21. The van der Waals surface area contributed by atoms with Crippen molar-refractivity contribution in [3.8, 4) is 11.9 Å². The van der Waals surface area contributed by atoms with Crippen LogP contribution in [0.5, 0.6) is 5.88 Å². The number of hydrogen-bond donors (Lipinski definition) is 2. The van der Waals surface area contributed by atoms with Crippen molar-refractivity contribution >= 4 is 0 Å². The van der Waals surface area contributed by atoms with E-state index in [1.807, 2.05) is 6.92 Å². The zero-order valence-corrected chi connectivity index (χ0v) is 11.7. The molecule has 3 rings (SSSR count). The molecule has 0 aromatic carbocycles. The van der Waals surface area contributed by atoms with E-state index >= 15 is 0 Å². The fourth-order valence-corrected chi connectivity index (χ4v) is 3.03. The number of nitrogens with one attached hydrogen (secondary N) is 1. The summed E-state index contributed by atoms with van der Waals surface area (Å²) < 4.78 is 5.46. The first-order valence-electron chi connectivity index (χ1n) is 6.52. The van der Waals surface area contributed by atoms with Crippen molar-refractivity contribution in [2.75, 3.05) is 0 Å². The number of allylic oxidation sites excluding steroid dienone is 5. The number of hydrogen-bond acceptors (Lipinski definition) is 4. The predicted molar refractivity (Wildman–Crippen MR) is 74.6 cm³/mol. The minimum atomic E-state index is -0.156. The number of fused-ring (bicyclic) bond motifs is 1. The normalized spacial score (nSPS) is 21.5. The lowest BCUT2D eigenvalue weighted by atomic mass is 9.81. The molecular weight excluding hydrogens is 252 g/mol. The molecule has 5 nitrogen and oxygen atoms in total. The number of nitrogens with two attached hydrogens (primary N) is 1. The number of aryl methyl sites for hydroxylation is 1. The Labute approximate surface area is 117 Å². The van der Waals surface area contributed by atoms with Crippen molar-refractivity contribution in [3.63, 3.8) is 0 Å². The second-order valence-corrected chi connectivity index (χ2v) is 5.37. The number of nitrogens with zero attached hydrogens (tertiary/aromatic N) is 2. The molecule has 3 N–H and O–H groups in total. The molecule has 0 saturated heterocycles. The fraction of sp³-hybridized carbons (Fsp3) is 0.333. The van der Waals surface area contributed by atoms with Crippen molar-refractivity contribution in [1.29, 1.82) is 5.26 Å². The molecule has 5 heteroatoms. The first-order chi connectivity index (χ1) is 9.52. The molecule has 1 atom stereocenters. The standard InChI is InChI=1S/C15H16N4O/c1-7-4-8(2)10(5-7)13-11(6-16)14(17)20-15-12(13)9(3)18-19-15/h4,13H,5,17H2,1-3H3,(H,18,19). The minimum Gasteiger partial charge on any atom is -0.420 e. The Bertz CT molecular complexity index is 728. The molecule has 20 heavy (non-hydrogen) atoms. The number of nitriles is 1. The van der Waals surface area contributed by atoms with Crippen LogP contribution in [-0.2, 0) is 0 Å². The van der Waals surface area contributed by atoms with Gasteiger partial charge in [0.15, 0.2) is 0 Å². The van der Waals surface area contributed by atoms with Crippen LogP contribution in [0.4, 0.5) is 0 Å². The van der Waals surface area contributed by atoms with Gasteiger partial charge in [-0.3, -0.25) is 5.10 Å². The smallest absolute Gasteiger partial charge is 0.244 e. The van der Waals surface area contributed by atoms with Crippen LogP contribution in [0.2, 0.25) is 0 Å². The number of aromatic amines is 1. The molecule has 1 aliphatic carbocycles. The molecule has 0 spiro atoms. The third-order valence-corrected chi connectivity index (χ3v) is 3.92. The topological polar surface area (TPSA) is 87.7 Å². The maximum atomic E-state index is 9.46. The number of aromatic nitrogens is 2. The summed E-state index contributed by atoms with van der Waals surface area (Å²) in [4.78, 5) is 0. The van der Waals surface area contributed by atoms with E-state index in [9.17, 15) is 5.26 Å². The van der Waals surface area contributed by atoms with Gasteiger partial charge in [0.2, 0.25) is 11.8 Å². The molecule has 2 heterocycles. The Morgan fingerprint density at radius 3 is 2.80 bits per heavy atom. The summed E-state index contributed by atoms with van der Waals surface area (Å²) in [5.74, 6) is 0.478. The molecule has 2 aliphatic rings. The highest BCUT2D eigenvalue weighted by molar-refractivity contribution is 5.57. The lowest BCUT2D eigenvalue weighted by molar-refractivity contribution is 0.378. The average Bonchev–Trinajstić information content (AvgIpc) is 2.91. The second-order valence-electron chi connectivity index (χ2n) is 5.37. The Balaban J connectivity index is 2.20. The van der Waals surface area contributed by atoms with E-state index in [0.717, 1.165) is 17.7 Å². The summed E-state index contributed by atoms with van der Waals surface area (Å²) >= 11 is 0. The van der Waals surface area contributed by atoms with Crippen molar-refractivity contribution in [3.05, 3.63) is 45.5 Å². The summed E-state index contributed by atoms with van der Waals surface area (Å²) in [6.07, 6.45) is 3.02. The Hall–Kier alpha value is -2.48. The summed E-state index contributed by atoms with van der Waals surface area (Å²) in [7, 11) is 0. The SMILES string of the molecule is CC1=CC(C)=C(C2C(C#N)=C(N)Oc3n[nH]c(C)c32)C1. The van der Waals surface area contributed by atoms with Crippen molar-refractivity contribution in [2.45, 2.75) is 33.1 Å². The molecular formula is C15H16N4O. The highest BCUT2D eigenvalue weighted by atomic mass is 16.5. The van der Waals surface area contributed by atoms with E-state index in [2.05, 4.69) is 36.2 Å². The number of rotatable bonds is 1. The van der Waals surface area contributed by atoms with E-state index in [0.29, 0.717) is 11.5 Å². The Morgan fingerprint density at radius 2 is 2.20 bits per heavy atom. The van der Waals surface area contributed by atoms with E-state index in [4.69, 9.17) is 10.5 Å². The van der Waals surface area contributed by atoms with Crippen LogP contribution in [0, 0.1) is 18.3 Å². The van der Waals surface area contributed by atoms with Gasteiger partial charge < -0.3 is 10.5 Å². The monoisotopic (exact) mass is 268 g/mol. The molecule has 1 aromatic rings. The lowest BCUT2D eigenvalue weighted by Gasteiger charge is -2.25. The van der Waals surface area contributed by atoms with Gasteiger partial charge in [-0.15, -0.1) is 5.10 Å². The fourth-order valence-electron chi connectivity index (χ4n) is 3.03. The van der Waals surface area contributed by atoms with Crippen molar-refractivity contribution in [1.82, 2.24) is 10.2 Å². The first kappa shape index (κ1) is 12.5. The highest BCUT2D eigenvalue weighted by Crippen LogP contribution is 2.47. The van der Waals surface area contributed by atoms with Gasteiger partial charge in [0.1, 0.15) is 11.6 Å². The number of ether oxygens (including phenoxy) is 1. The molecule has 0 saturated carbocycles. The number of H-pyrrole nitrogens is 1. The van der Waals surface area contributed by atoms with E-state index < -0.39 is 0 Å². The summed E-state index contributed by atoms with van der Waals surface area (Å²) in [6.45, 7) is 6.10. The Morgan fingerprint density at radius 1 is 1.45 bits per heavy atom. The zero-order chi connectivity index (χ0) is 14.4. The molecule has 0 amide bonds. The summed E-state index contributed by atoms with van der Waals surface area (Å²) in [5, 5.41) is 16.5. The summed E-state index contributed by atoms with van der Waals surface area (Å²) in [5.41, 5.74) is 11.9. The van der Waals surface area contributed by atoms with Gasteiger partial charge in [0, 0.05) is 11.3 Å². The van der Waals surface area contributed by atoms with Gasteiger partial charge in [-0.05, 0) is 27.2 Å². The molecule has 0 fully saturated rings.